The molecule has 1 N–H and O–H groups in total. The molecule has 0 saturated carbocycles. The predicted molar refractivity (Wildman–Crippen MR) is 124 cm³/mol. The van der Waals surface area contributed by atoms with Crippen molar-refractivity contribution in [2.75, 3.05) is 0 Å². The van der Waals surface area contributed by atoms with Crippen molar-refractivity contribution in [1.29, 1.82) is 0 Å². The average molecular weight is 478 g/mol. The maximum atomic E-state index is 12.5. The fourth-order valence-corrected chi connectivity index (χ4v) is 3.68. The van der Waals surface area contributed by atoms with Crippen LogP contribution in [0.25, 0.3) is 0 Å². The first kappa shape index (κ1) is 26.2. The van der Waals surface area contributed by atoms with E-state index in [1.807, 2.05) is 6.92 Å². The van der Waals surface area contributed by atoms with E-state index in [2.05, 4.69) is 5.32 Å². The normalized spacial score (nSPS) is 12.7. The average Bonchev–Trinajstić information content (AvgIpc) is 2.67. The number of nitrogens with one attached hydrogen (secondary N) is 1. The molecule has 0 spiro atoms. The highest BCUT2D eigenvalue weighted by molar-refractivity contribution is 7.87. The zero-order valence-corrected chi connectivity index (χ0v) is 20.6. The molecule has 180 valence electrons. The smallest absolute Gasteiger partial charge is 0.408 e. The van der Waals surface area contributed by atoms with E-state index in [9.17, 15) is 18.0 Å². The van der Waals surface area contributed by atoms with E-state index in [4.69, 9.17) is 13.7 Å². The Bertz CT molecular complexity index is 1050. The molecule has 0 aromatic heterocycles. The minimum absolute atomic E-state index is 0.0511. The highest BCUT2D eigenvalue weighted by Crippen LogP contribution is 2.20. The van der Waals surface area contributed by atoms with Gasteiger partial charge in [0.25, 0.3) is 0 Å². The fourth-order valence-electron chi connectivity index (χ4n) is 2.75. The maximum Gasteiger partial charge on any atom is 0.408 e. The lowest BCUT2D eigenvalue weighted by atomic mass is 10.1. The van der Waals surface area contributed by atoms with E-state index in [1.165, 1.54) is 24.3 Å². The van der Waals surface area contributed by atoms with Crippen LogP contribution in [0.1, 0.15) is 45.7 Å². The second kappa shape index (κ2) is 10.7. The van der Waals surface area contributed by atoms with Crippen LogP contribution in [0.15, 0.2) is 53.4 Å². The van der Waals surface area contributed by atoms with Gasteiger partial charge in [0.1, 0.15) is 22.3 Å². The Morgan fingerprint density at radius 1 is 0.970 bits per heavy atom. The number of carbonyl (C=O) groups is 2. The second-order valence-corrected chi connectivity index (χ2v) is 10.4. The highest BCUT2D eigenvalue weighted by Gasteiger charge is 2.26. The number of rotatable bonds is 8. The number of hydrogen-bond donors (Lipinski definition) is 1. The first-order valence-electron chi connectivity index (χ1n) is 10.6. The third-order valence-electron chi connectivity index (χ3n) is 4.21. The van der Waals surface area contributed by atoms with Crippen LogP contribution in [0, 0.1) is 6.92 Å². The van der Waals surface area contributed by atoms with E-state index in [0.717, 1.165) is 5.56 Å². The van der Waals surface area contributed by atoms with E-state index < -0.39 is 33.8 Å². The number of esters is 1. The third-order valence-corrected chi connectivity index (χ3v) is 5.47. The van der Waals surface area contributed by atoms with Crippen molar-refractivity contribution >= 4 is 22.2 Å². The van der Waals surface area contributed by atoms with Gasteiger partial charge in [0, 0.05) is 6.42 Å². The van der Waals surface area contributed by atoms with Gasteiger partial charge in [0.15, 0.2) is 0 Å². The van der Waals surface area contributed by atoms with Gasteiger partial charge >= 0.3 is 22.2 Å². The molecule has 0 heterocycles. The molecule has 1 unspecified atom stereocenters. The van der Waals surface area contributed by atoms with Gasteiger partial charge in [-0.15, -0.1) is 0 Å². The summed E-state index contributed by atoms with van der Waals surface area (Å²) in [6.07, 6.45) is -0.976. The molecule has 1 atom stereocenters. The zero-order valence-electron chi connectivity index (χ0n) is 19.7. The molecule has 8 nitrogen and oxygen atoms in total. The third kappa shape index (κ3) is 8.76. The van der Waals surface area contributed by atoms with Gasteiger partial charge in [-0.05, 0) is 71.4 Å². The number of alkyl carbamates (subject to hydrolysis) is 1. The van der Waals surface area contributed by atoms with Crippen LogP contribution in [0.4, 0.5) is 4.79 Å². The van der Waals surface area contributed by atoms with Gasteiger partial charge in [-0.1, -0.05) is 29.8 Å². The van der Waals surface area contributed by atoms with Crippen LogP contribution in [-0.4, -0.2) is 38.2 Å². The molecule has 0 aliphatic carbocycles. The molecule has 0 aliphatic rings. The summed E-state index contributed by atoms with van der Waals surface area (Å²) in [4.78, 5) is 24.7. The van der Waals surface area contributed by atoms with Crippen molar-refractivity contribution in [3.63, 3.8) is 0 Å². The van der Waals surface area contributed by atoms with Gasteiger partial charge in [-0.3, -0.25) is 0 Å². The molecule has 2 rings (SSSR count). The summed E-state index contributed by atoms with van der Waals surface area (Å²) in [7, 11) is -3.97. The number of carbonyl (C=O) groups excluding carboxylic acids is 2. The monoisotopic (exact) mass is 477 g/mol. The lowest BCUT2D eigenvalue weighted by Gasteiger charge is -2.23. The standard InChI is InChI=1S/C24H31NO7S/c1-16(2)30-22(26)21(25-23(27)31-24(4,5)6)15-18-9-11-19(12-10-18)32-33(28,29)20-13-7-17(3)8-14-20/h7-14,16,21H,15H2,1-6H3,(H,25,27). The van der Waals surface area contributed by atoms with E-state index in [-0.39, 0.29) is 23.2 Å². The molecule has 2 aromatic carbocycles. The Labute approximate surface area is 195 Å². The minimum Gasteiger partial charge on any atom is -0.461 e. The van der Waals surface area contributed by atoms with Gasteiger partial charge in [-0.2, -0.15) is 8.42 Å². The Kier molecular flexibility index (Phi) is 8.49. The summed E-state index contributed by atoms with van der Waals surface area (Å²) in [5.41, 5.74) is 0.874. The molecular weight excluding hydrogens is 446 g/mol. The Balaban J connectivity index is 2.12. The summed E-state index contributed by atoms with van der Waals surface area (Å²) < 4.78 is 40.6. The fraction of sp³-hybridized carbons (Fsp3) is 0.417. The van der Waals surface area contributed by atoms with Crippen molar-refractivity contribution in [2.24, 2.45) is 0 Å². The lowest BCUT2D eigenvalue weighted by molar-refractivity contribution is -0.149. The van der Waals surface area contributed by atoms with Crippen molar-refractivity contribution < 1.29 is 31.7 Å². The molecule has 0 fully saturated rings. The second-order valence-electron chi connectivity index (χ2n) is 8.88. The molecule has 0 aliphatic heterocycles. The van der Waals surface area contributed by atoms with Crippen LogP contribution >= 0.6 is 0 Å². The molecule has 1 amide bonds. The maximum absolute atomic E-state index is 12.5. The van der Waals surface area contributed by atoms with Crippen LogP contribution in [0.2, 0.25) is 0 Å². The Morgan fingerprint density at radius 3 is 2.06 bits per heavy atom. The Morgan fingerprint density at radius 2 is 1.55 bits per heavy atom. The summed E-state index contributed by atoms with van der Waals surface area (Å²) in [6.45, 7) is 10.4. The van der Waals surface area contributed by atoms with Crippen LogP contribution < -0.4 is 9.50 Å². The van der Waals surface area contributed by atoms with Crippen molar-refractivity contribution in [3.05, 3.63) is 59.7 Å². The van der Waals surface area contributed by atoms with Crippen LogP contribution in [-0.2, 0) is 30.8 Å². The van der Waals surface area contributed by atoms with Crippen molar-refractivity contribution in [2.45, 2.75) is 70.6 Å². The molecule has 9 heteroatoms. The molecule has 0 radical (unpaired) electrons. The molecule has 0 saturated heterocycles. The van der Waals surface area contributed by atoms with Crippen molar-refractivity contribution in [3.8, 4) is 5.75 Å². The predicted octanol–water partition coefficient (Wildman–Crippen LogP) is 4.15. The number of benzene rings is 2. The molecule has 0 bridgehead atoms. The first-order valence-corrected chi connectivity index (χ1v) is 12.0. The van der Waals surface area contributed by atoms with Gasteiger partial charge in [0.05, 0.1) is 6.10 Å². The zero-order chi connectivity index (χ0) is 24.8. The molecule has 2 aromatic rings. The van der Waals surface area contributed by atoms with Gasteiger partial charge in [-0.25, -0.2) is 9.59 Å². The molecular formula is C24H31NO7S. The summed E-state index contributed by atoms with van der Waals surface area (Å²) in [6, 6.07) is 11.6. The SMILES string of the molecule is Cc1ccc(S(=O)(=O)Oc2ccc(CC(NC(=O)OC(C)(C)C)C(=O)OC(C)C)cc2)cc1. The van der Waals surface area contributed by atoms with E-state index >= 15 is 0 Å². The summed E-state index contributed by atoms with van der Waals surface area (Å²) in [5.74, 6) is -0.473. The summed E-state index contributed by atoms with van der Waals surface area (Å²) in [5, 5.41) is 2.54. The summed E-state index contributed by atoms with van der Waals surface area (Å²) >= 11 is 0. The molecule has 33 heavy (non-hydrogen) atoms. The van der Waals surface area contributed by atoms with Crippen LogP contribution in [0.3, 0.4) is 0 Å². The number of aryl methyl sites for hydroxylation is 1. The van der Waals surface area contributed by atoms with Gasteiger partial charge < -0.3 is 19.0 Å². The Hall–Kier alpha value is -3.07. The highest BCUT2D eigenvalue weighted by atomic mass is 32.2. The number of ether oxygens (including phenoxy) is 2. The first-order chi connectivity index (χ1) is 15.2. The number of amides is 1. The van der Waals surface area contributed by atoms with Gasteiger partial charge in [0.2, 0.25) is 0 Å². The van der Waals surface area contributed by atoms with E-state index in [0.29, 0.717) is 5.56 Å². The lowest BCUT2D eigenvalue weighted by Crippen LogP contribution is -2.46. The topological polar surface area (TPSA) is 108 Å². The van der Waals surface area contributed by atoms with Crippen LogP contribution in [0.5, 0.6) is 5.75 Å². The largest absolute Gasteiger partial charge is 0.461 e. The number of hydrogen-bond acceptors (Lipinski definition) is 7. The van der Waals surface area contributed by atoms with E-state index in [1.54, 1.807) is 58.9 Å². The quantitative estimate of drug-likeness (QED) is 0.449. The minimum atomic E-state index is -3.97. The van der Waals surface area contributed by atoms with Crippen molar-refractivity contribution in [1.82, 2.24) is 5.32 Å².